The predicted octanol–water partition coefficient (Wildman–Crippen LogP) is 0.800. The van der Waals surface area contributed by atoms with Gasteiger partial charge in [0.2, 0.25) is 0 Å². The summed E-state index contributed by atoms with van der Waals surface area (Å²) in [5.41, 5.74) is 6.05. The Bertz CT molecular complexity index is 1680. The molecule has 0 aromatic heterocycles. The molecule has 66 heavy (non-hydrogen) atoms. The predicted molar refractivity (Wildman–Crippen MR) is 241 cm³/mol. The number of carbonyl (C=O) groups excluding carboxylic acids is 2. The Kier molecular flexibility index (Phi) is 24.3. The topological polar surface area (TPSA) is 309 Å². The monoisotopic (exact) mass is 938 g/mol. The number of ether oxygens (including phenoxy) is 5. The van der Waals surface area contributed by atoms with E-state index < -0.39 is 147 Å². The van der Waals surface area contributed by atoms with Crippen molar-refractivity contribution in [1.29, 1.82) is 0 Å². The number of cyclic esters (lactones) is 1. The summed E-state index contributed by atoms with van der Waals surface area (Å²) in [6.07, 6.45) is 4.50. The maximum atomic E-state index is 13.1. The molecular formula is C48H75NO17. The van der Waals surface area contributed by atoms with Crippen LogP contribution in [0.25, 0.3) is 0 Å². The molecule has 2 bridgehead atoms. The molecule has 0 saturated carbocycles. The van der Waals surface area contributed by atoms with Crippen molar-refractivity contribution in [3.8, 4) is 0 Å². The van der Waals surface area contributed by atoms with E-state index in [1.165, 1.54) is 0 Å². The van der Waals surface area contributed by atoms with Gasteiger partial charge in [-0.25, -0.2) is 0 Å². The number of carbonyl (C=O) groups is 2. The second-order valence-corrected chi connectivity index (χ2v) is 17.8. The van der Waals surface area contributed by atoms with Crippen molar-refractivity contribution >= 4 is 11.9 Å². The highest BCUT2D eigenvalue weighted by atomic mass is 16.7. The minimum atomic E-state index is -2.27. The van der Waals surface area contributed by atoms with E-state index in [1.807, 2.05) is 37.3 Å². The lowest BCUT2D eigenvalue weighted by molar-refractivity contribution is -0.308. The second kappa shape index (κ2) is 28.1. The van der Waals surface area contributed by atoms with E-state index in [1.54, 1.807) is 75.5 Å². The third kappa shape index (κ3) is 18.6. The summed E-state index contributed by atoms with van der Waals surface area (Å²) in [6, 6.07) is -1.13. The SMILES string of the molecule is COC(=O)C1C2C[C@@H](O[C@@H]3O[C@H](C)[C@@H](O)[C@H](N)[C@@H]3O)/C=C/C=C/C=C/C=C/C=C/C=C/C=C/[C@H](C)[C@@H](O)[C@@H](C)[C@H](C)OC(=O)C[C@H](O)C[C@H](O)CC[C@@H](O)[C@H](O)C[C@H](O)C[C@](O)(C[C@@H]1O)O2. The highest BCUT2D eigenvalue weighted by Gasteiger charge is 2.51. The van der Waals surface area contributed by atoms with Crippen LogP contribution in [-0.4, -0.2) is 168 Å². The number of aliphatic hydroxyl groups is 10. The number of hydrogen-bond donors (Lipinski definition) is 11. The number of esters is 2. The van der Waals surface area contributed by atoms with Crippen LogP contribution in [0.2, 0.25) is 0 Å². The molecule has 0 aliphatic carbocycles. The first-order valence-corrected chi connectivity index (χ1v) is 22.7. The van der Waals surface area contributed by atoms with Crippen LogP contribution in [0, 0.1) is 17.8 Å². The molecule has 3 heterocycles. The highest BCUT2D eigenvalue weighted by molar-refractivity contribution is 5.74. The number of allylic oxidation sites excluding steroid dienone is 12. The third-order valence-corrected chi connectivity index (χ3v) is 12.2. The summed E-state index contributed by atoms with van der Waals surface area (Å²) in [6.45, 7) is 6.78. The number of methoxy groups -OCH3 is 1. The van der Waals surface area contributed by atoms with Crippen LogP contribution in [-0.2, 0) is 33.3 Å². The van der Waals surface area contributed by atoms with Crippen LogP contribution in [0.15, 0.2) is 85.1 Å². The first-order chi connectivity index (χ1) is 31.2. The van der Waals surface area contributed by atoms with E-state index >= 15 is 0 Å². The molecule has 3 aliphatic rings. The highest BCUT2D eigenvalue weighted by Crippen LogP contribution is 2.38. The van der Waals surface area contributed by atoms with Crippen LogP contribution >= 0.6 is 0 Å². The van der Waals surface area contributed by atoms with Crippen molar-refractivity contribution in [3.63, 3.8) is 0 Å². The molecule has 0 aromatic carbocycles. The number of hydrogen-bond acceptors (Lipinski definition) is 18. The van der Waals surface area contributed by atoms with E-state index in [-0.39, 0.29) is 31.6 Å². The van der Waals surface area contributed by atoms with Gasteiger partial charge in [-0.05, 0) is 33.1 Å². The molecule has 2 saturated heterocycles. The minimum absolute atomic E-state index is 0.0949. The first kappa shape index (κ1) is 56.9. The summed E-state index contributed by atoms with van der Waals surface area (Å²) < 4.78 is 28.4. The molecule has 0 spiro atoms. The Morgan fingerprint density at radius 3 is 1.83 bits per heavy atom. The summed E-state index contributed by atoms with van der Waals surface area (Å²) in [4.78, 5) is 25.7. The van der Waals surface area contributed by atoms with Crippen LogP contribution < -0.4 is 5.73 Å². The first-order valence-electron chi connectivity index (χ1n) is 22.7. The molecule has 0 radical (unpaired) electrons. The number of rotatable bonds is 3. The van der Waals surface area contributed by atoms with E-state index in [9.17, 15) is 60.7 Å². The van der Waals surface area contributed by atoms with Gasteiger partial charge >= 0.3 is 11.9 Å². The Morgan fingerprint density at radius 2 is 1.24 bits per heavy atom. The van der Waals surface area contributed by atoms with Gasteiger partial charge in [0.15, 0.2) is 12.1 Å². The van der Waals surface area contributed by atoms with Crippen molar-refractivity contribution in [1.82, 2.24) is 0 Å². The third-order valence-electron chi connectivity index (χ3n) is 12.2. The van der Waals surface area contributed by atoms with Crippen molar-refractivity contribution in [2.24, 2.45) is 23.5 Å². The Balaban J connectivity index is 1.88. The standard InChI is InChI=1S/C48H75NO17/c1-28-18-16-14-12-10-8-6-7-9-11-13-15-17-19-35(65-47-45(59)42(49)44(58)31(4)64-47)25-39-41(46(60)62-5)38(55)27-48(61,66-39)26-34(52)23-37(54)36(53)21-20-32(50)22-33(51)24-40(56)63-30(3)29(2)43(28)57/h6-19,28-39,41-45,47,50-55,57-59,61H,20-27,49H2,1-5H3/b7-6+,10-8+,11-9+,14-12+,15-13+,18-16+,19-17+/t28-,29-,30-,31+,32+,33+,34-,35-,36+,37+,38-,39?,41?,42-,43+,44+,45-,47-,48+/m0/s1. The number of fused-ring (bicyclic) bond motifs is 2. The van der Waals surface area contributed by atoms with Crippen molar-refractivity contribution in [2.45, 2.75) is 177 Å². The molecule has 2 unspecified atom stereocenters. The lowest BCUT2D eigenvalue weighted by Crippen LogP contribution is -2.61. The van der Waals surface area contributed by atoms with Crippen LogP contribution in [0.5, 0.6) is 0 Å². The quantitative estimate of drug-likeness (QED) is 0.174. The van der Waals surface area contributed by atoms with Crippen LogP contribution in [0.1, 0.15) is 79.1 Å². The Hall–Kier alpha value is -3.44. The van der Waals surface area contributed by atoms with E-state index in [4.69, 9.17) is 29.4 Å². The Morgan fingerprint density at radius 1 is 0.667 bits per heavy atom. The van der Waals surface area contributed by atoms with Gasteiger partial charge in [0.1, 0.15) is 18.1 Å². The number of nitrogens with two attached hydrogens (primary N) is 1. The van der Waals surface area contributed by atoms with E-state index in [0.717, 1.165) is 7.11 Å². The van der Waals surface area contributed by atoms with E-state index in [0.29, 0.717) is 0 Å². The molecule has 18 nitrogen and oxygen atoms in total. The van der Waals surface area contributed by atoms with Gasteiger partial charge in [0.25, 0.3) is 0 Å². The Labute approximate surface area is 387 Å². The van der Waals surface area contributed by atoms with Gasteiger partial charge in [0, 0.05) is 37.5 Å². The van der Waals surface area contributed by atoms with Crippen molar-refractivity contribution in [2.75, 3.05) is 7.11 Å². The lowest BCUT2D eigenvalue weighted by Gasteiger charge is -2.45. The van der Waals surface area contributed by atoms with Gasteiger partial charge in [-0.1, -0.05) is 98.9 Å². The van der Waals surface area contributed by atoms with Crippen molar-refractivity contribution < 1.29 is 84.3 Å². The van der Waals surface area contributed by atoms with Gasteiger partial charge in [0.05, 0.1) is 86.7 Å². The summed E-state index contributed by atoms with van der Waals surface area (Å²) in [5.74, 6) is -5.93. The van der Waals surface area contributed by atoms with Gasteiger partial charge in [-0.15, -0.1) is 0 Å². The zero-order chi connectivity index (χ0) is 49.1. The molecule has 374 valence electrons. The lowest BCUT2D eigenvalue weighted by atomic mass is 9.82. The average Bonchev–Trinajstić information content (AvgIpc) is 3.24. The molecular weight excluding hydrogens is 863 g/mol. The zero-order valence-electron chi connectivity index (χ0n) is 38.5. The van der Waals surface area contributed by atoms with Gasteiger partial charge in [-0.2, -0.15) is 0 Å². The smallest absolute Gasteiger partial charge is 0.313 e. The van der Waals surface area contributed by atoms with Gasteiger partial charge < -0.3 is 80.5 Å². The molecule has 3 aliphatic heterocycles. The fourth-order valence-electron chi connectivity index (χ4n) is 8.09. The fraction of sp³-hybridized carbons (Fsp3) is 0.667. The summed E-state index contributed by atoms with van der Waals surface area (Å²) in [7, 11) is 1.12. The normalized spacial score (nSPS) is 44.9. The van der Waals surface area contributed by atoms with Crippen molar-refractivity contribution in [3.05, 3.63) is 85.1 Å². The molecule has 2 fully saturated rings. The van der Waals surface area contributed by atoms with E-state index in [2.05, 4.69) is 0 Å². The molecule has 3 rings (SSSR count). The molecule has 18 heteroatoms. The minimum Gasteiger partial charge on any atom is -0.469 e. The summed E-state index contributed by atoms with van der Waals surface area (Å²) in [5, 5.41) is 109. The maximum Gasteiger partial charge on any atom is 0.313 e. The fourth-order valence-corrected chi connectivity index (χ4v) is 8.09. The maximum absolute atomic E-state index is 13.1. The van der Waals surface area contributed by atoms with Crippen LogP contribution in [0.4, 0.5) is 0 Å². The van der Waals surface area contributed by atoms with Crippen LogP contribution in [0.3, 0.4) is 0 Å². The zero-order valence-corrected chi connectivity index (χ0v) is 38.5. The summed E-state index contributed by atoms with van der Waals surface area (Å²) >= 11 is 0. The largest absolute Gasteiger partial charge is 0.469 e. The van der Waals surface area contributed by atoms with Gasteiger partial charge in [-0.3, -0.25) is 9.59 Å². The molecule has 0 aromatic rings. The average molecular weight is 938 g/mol. The molecule has 12 N–H and O–H groups in total. The molecule has 19 atom stereocenters. The molecule has 0 amide bonds. The second-order valence-electron chi connectivity index (χ2n) is 17.8. The number of aliphatic hydroxyl groups excluding tert-OH is 9.